The van der Waals surface area contributed by atoms with Crippen molar-refractivity contribution in [3.05, 3.63) is 0 Å². The molecule has 17 heavy (non-hydrogen) atoms. The molecule has 2 fully saturated rings. The number of likely N-dealkylation sites (tertiary alicyclic amines) is 1. The Hall–Kier alpha value is -0.370. The zero-order valence-electron chi connectivity index (χ0n) is 10.4. The van der Waals surface area contributed by atoms with E-state index in [-0.39, 0.29) is 0 Å². The molecule has 2 aliphatic heterocycles. The van der Waals surface area contributed by atoms with Gasteiger partial charge >= 0.3 is 0 Å². The molecule has 0 aromatic carbocycles. The highest BCUT2D eigenvalue weighted by Crippen LogP contribution is 2.15. The van der Waals surface area contributed by atoms with E-state index in [4.69, 9.17) is 6.42 Å². The van der Waals surface area contributed by atoms with Gasteiger partial charge in [0, 0.05) is 47.5 Å². The monoisotopic (exact) mass is 254 g/mol. The lowest BCUT2D eigenvalue weighted by Crippen LogP contribution is -2.47. The Bertz CT molecular complexity index is 295. The van der Waals surface area contributed by atoms with E-state index < -0.39 is 10.8 Å². The summed E-state index contributed by atoms with van der Waals surface area (Å²) < 4.78 is 11.3. The molecule has 3 nitrogen and oxygen atoms in total. The van der Waals surface area contributed by atoms with Crippen molar-refractivity contribution in [3.63, 3.8) is 0 Å². The molecule has 0 amide bonds. The molecule has 0 saturated carbocycles. The molecule has 0 bridgehead atoms. The summed E-state index contributed by atoms with van der Waals surface area (Å²) >= 11 is 0. The van der Waals surface area contributed by atoms with Crippen molar-refractivity contribution >= 4 is 10.8 Å². The summed E-state index contributed by atoms with van der Waals surface area (Å²) in [6, 6.07) is 1.23. The van der Waals surface area contributed by atoms with Crippen LogP contribution in [0.15, 0.2) is 0 Å². The van der Waals surface area contributed by atoms with E-state index in [1.807, 2.05) is 0 Å². The van der Waals surface area contributed by atoms with Crippen LogP contribution in [0.1, 0.15) is 25.7 Å². The van der Waals surface area contributed by atoms with Gasteiger partial charge in [-0.1, -0.05) is 5.92 Å². The van der Waals surface area contributed by atoms with Crippen molar-refractivity contribution < 1.29 is 4.21 Å². The van der Waals surface area contributed by atoms with Gasteiger partial charge in [0.1, 0.15) is 0 Å². The summed E-state index contributed by atoms with van der Waals surface area (Å²) in [7, 11) is -0.546. The predicted octanol–water partition coefficient (Wildman–Crippen LogP) is 0.585. The summed E-state index contributed by atoms with van der Waals surface area (Å²) in [4.78, 5) is 2.34. The average Bonchev–Trinajstić information content (AvgIpc) is 2.35. The van der Waals surface area contributed by atoms with Crippen LogP contribution in [0.2, 0.25) is 0 Å². The molecule has 96 valence electrons. The third kappa shape index (κ3) is 4.09. The predicted molar refractivity (Wildman–Crippen MR) is 72.3 cm³/mol. The normalized spacial score (nSPS) is 32.2. The number of piperidine rings is 1. The Labute approximate surface area is 107 Å². The smallest absolute Gasteiger partial charge is 0.0598 e. The Morgan fingerprint density at radius 3 is 2.35 bits per heavy atom. The van der Waals surface area contributed by atoms with Crippen LogP contribution in [-0.2, 0) is 10.8 Å². The molecule has 2 rings (SSSR count). The van der Waals surface area contributed by atoms with Crippen LogP contribution >= 0.6 is 0 Å². The van der Waals surface area contributed by atoms with Gasteiger partial charge < -0.3 is 5.32 Å². The quantitative estimate of drug-likeness (QED) is 0.748. The maximum absolute atomic E-state index is 11.3. The second kappa shape index (κ2) is 6.53. The lowest BCUT2D eigenvalue weighted by Gasteiger charge is -2.34. The molecule has 4 heteroatoms. The van der Waals surface area contributed by atoms with Crippen LogP contribution in [0.25, 0.3) is 0 Å². The number of hydrogen-bond acceptors (Lipinski definition) is 3. The van der Waals surface area contributed by atoms with Crippen LogP contribution < -0.4 is 5.32 Å². The zero-order chi connectivity index (χ0) is 12.1. The van der Waals surface area contributed by atoms with Crippen LogP contribution in [0, 0.1) is 12.3 Å². The number of nitrogens with one attached hydrogen (secondary N) is 1. The first-order chi connectivity index (χ1) is 8.28. The lowest BCUT2D eigenvalue weighted by atomic mass is 10.0. The van der Waals surface area contributed by atoms with E-state index in [0.29, 0.717) is 12.1 Å². The van der Waals surface area contributed by atoms with Crippen LogP contribution in [0.5, 0.6) is 0 Å². The third-order valence-electron chi connectivity index (χ3n) is 3.76. The average molecular weight is 254 g/mol. The molecule has 0 spiro atoms. The van der Waals surface area contributed by atoms with Crippen molar-refractivity contribution in [1.29, 1.82) is 0 Å². The third-order valence-corrected chi connectivity index (χ3v) is 5.14. The molecule has 0 aromatic heterocycles. The number of terminal acetylenes is 1. The highest BCUT2D eigenvalue weighted by Gasteiger charge is 2.23. The summed E-state index contributed by atoms with van der Waals surface area (Å²) in [5.74, 6) is 4.48. The summed E-state index contributed by atoms with van der Waals surface area (Å²) in [6.45, 7) is 3.01. The maximum Gasteiger partial charge on any atom is 0.0598 e. The lowest BCUT2D eigenvalue weighted by molar-refractivity contribution is 0.207. The van der Waals surface area contributed by atoms with Gasteiger partial charge in [0.25, 0.3) is 0 Å². The fourth-order valence-corrected chi connectivity index (χ4v) is 3.98. The molecule has 1 N–H and O–H groups in total. The topological polar surface area (TPSA) is 32.3 Å². The van der Waals surface area contributed by atoms with Crippen LogP contribution in [0.3, 0.4) is 0 Å². The Morgan fingerprint density at radius 1 is 1.18 bits per heavy atom. The molecule has 0 radical (unpaired) electrons. The van der Waals surface area contributed by atoms with E-state index in [9.17, 15) is 4.21 Å². The maximum atomic E-state index is 11.3. The van der Waals surface area contributed by atoms with E-state index in [0.717, 1.165) is 44.0 Å². The van der Waals surface area contributed by atoms with Gasteiger partial charge in [-0.3, -0.25) is 9.11 Å². The number of rotatable bonds is 3. The fraction of sp³-hybridized carbons (Fsp3) is 0.846. The standard InChI is InChI=1S/C13H22N2OS/c1-2-7-15-8-3-12(4-9-15)14-13-5-10-17(16)11-6-13/h1,12-14H,3-11H2. The Kier molecular flexibility index (Phi) is 5.02. The zero-order valence-corrected chi connectivity index (χ0v) is 11.2. The first-order valence-electron chi connectivity index (χ1n) is 6.55. The van der Waals surface area contributed by atoms with Crippen molar-refractivity contribution in [3.8, 4) is 12.3 Å². The van der Waals surface area contributed by atoms with E-state index in [2.05, 4.69) is 16.1 Å². The van der Waals surface area contributed by atoms with Gasteiger partial charge in [-0.2, -0.15) is 0 Å². The largest absolute Gasteiger partial charge is 0.311 e. The van der Waals surface area contributed by atoms with Crippen LogP contribution in [0.4, 0.5) is 0 Å². The van der Waals surface area contributed by atoms with Gasteiger partial charge in [-0.05, 0) is 25.7 Å². The van der Waals surface area contributed by atoms with Gasteiger partial charge in [-0.25, -0.2) is 0 Å². The molecule has 2 heterocycles. The van der Waals surface area contributed by atoms with Gasteiger partial charge in [-0.15, -0.1) is 6.42 Å². The second-order valence-electron chi connectivity index (χ2n) is 5.04. The minimum Gasteiger partial charge on any atom is -0.311 e. The van der Waals surface area contributed by atoms with E-state index in [1.165, 1.54) is 12.8 Å². The van der Waals surface area contributed by atoms with Gasteiger partial charge in [0.2, 0.25) is 0 Å². The fourth-order valence-electron chi connectivity index (χ4n) is 2.68. The second-order valence-corrected chi connectivity index (χ2v) is 6.74. The molecule has 2 saturated heterocycles. The van der Waals surface area contributed by atoms with Crippen molar-refractivity contribution in [1.82, 2.24) is 10.2 Å². The molecule has 0 aromatic rings. The molecular formula is C13H22N2OS. The minimum atomic E-state index is -0.546. The van der Waals surface area contributed by atoms with Crippen molar-refractivity contribution in [2.45, 2.75) is 37.8 Å². The van der Waals surface area contributed by atoms with Crippen LogP contribution in [-0.4, -0.2) is 52.3 Å². The molecule has 0 aliphatic carbocycles. The minimum absolute atomic E-state index is 0.546. The van der Waals surface area contributed by atoms with Gasteiger partial charge in [0.15, 0.2) is 0 Å². The first kappa shape index (κ1) is 13.1. The van der Waals surface area contributed by atoms with Crippen molar-refractivity contribution in [2.24, 2.45) is 0 Å². The summed E-state index contributed by atoms with van der Waals surface area (Å²) in [5.41, 5.74) is 0. The Balaban J connectivity index is 1.68. The molecule has 2 aliphatic rings. The Morgan fingerprint density at radius 2 is 1.76 bits per heavy atom. The highest BCUT2D eigenvalue weighted by atomic mass is 32.2. The molecule has 0 unspecified atom stereocenters. The SMILES string of the molecule is C#CCN1CCC(NC2CCS(=O)CC2)CC1. The highest BCUT2D eigenvalue weighted by molar-refractivity contribution is 7.85. The first-order valence-corrected chi connectivity index (χ1v) is 8.03. The molecule has 0 atom stereocenters. The summed E-state index contributed by atoms with van der Waals surface area (Å²) in [6.07, 6.45) is 9.87. The molecular weight excluding hydrogens is 232 g/mol. The van der Waals surface area contributed by atoms with E-state index in [1.54, 1.807) is 0 Å². The summed E-state index contributed by atoms with van der Waals surface area (Å²) in [5, 5.41) is 3.73. The van der Waals surface area contributed by atoms with Gasteiger partial charge in [0.05, 0.1) is 6.54 Å². The number of hydrogen-bond donors (Lipinski definition) is 1. The number of nitrogens with zero attached hydrogens (tertiary/aromatic N) is 1. The van der Waals surface area contributed by atoms with Crippen molar-refractivity contribution in [2.75, 3.05) is 31.1 Å². The van der Waals surface area contributed by atoms with E-state index >= 15 is 0 Å².